The molecule has 1 aromatic carbocycles. The Bertz CT molecular complexity index is 477. The Labute approximate surface area is 110 Å². The quantitative estimate of drug-likeness (QED) is 0.481. The third kappa shape index (κ3) is 4.63. The van der Waals surface area contributed by atoms with Gasteiger partial charge in [-0.25, -0.2) is 4.39 Å². The van der Waals surface area contributed by atoms with Gasteiger partial charge >= 0.3 is 0 Å². The Morgan fingerprint density at radius 3 is 2.74 bits per heavy atom. The van der Waals surface area contributed by atoms with Crippen LogP contribution in [0.1, 0.15) is 16.8 Å². The number of nitrogens with zero attached hydrogens (tertiary/aromatic N) is 2. The van der Waals surface area contributed by atoms with Crippen molar-refractivity contribution in [1.29, 1.82) is 0 Å². The smallest absolute Gasteiger partial charge is 0.270 e. The van der Waals surface area contributed by atoms with E-state index >= 15 is 0 Å². The highest BCUT2D eigenvalue weighted by Gasteiger charge is 2.16. The first-order valence-electron chi connectivity index (χ1n) is 5.78. The lowest BCUT2D eigenvalue weighted by Crippen LogP contribution is -2.27. The van der Waals surface area contributed by atoms with E-state index in [0.717, 1.165) is 31.2 Å². The lowest BCUT2D eigenvalue weighted by Gasteiger charge is -2.10. The molecule has 0 saturated heterocycles. The van der Waals surface area contributed by atoms with Gasteiger partial charge in [0.05, 0.1) is 10.5 Å². The average Bonchev–Trinajstić information content (AvgIpc) is 2.34. The van der Waals surface area contributed by atoms with Crippen molar-refractivity contribution in [3.8, 4) is 0 Å². The number of non-ortho nitro benzene ring substituents is 1. The molecular formula is C12H16FN3O3. The number of amides is 1. The second-order valence-corrected chi connectivity index (χ2v) is 4.33. The Balaban J connectivity index is 2.66. The van der Waals surface area contributed by atoms with Crippen molar-refractivity contribution in [1.82, 2.24) is 10.2 Å². The molecule has 7 heteroatoms. The van der Waals surface area contributed by atoms with Crippen molar-refractivity contribution in [2.45, 2.75) is 6.42 Å². The molecule has 1 aromatic rings. The highest BCUT2D eigenvalue weighted by atomic mass is 19.1. The van der Waals surface area contributed by atoms with Gasteiger partial charge in [0, 0.05) is 18.7 Å². The highest BCUT2D eigenvalue weighted by Crippen LogP contribution is 2.16. The molecule has 0 aliphatic carbocycles. The molecule has 1 N–H and O–H groups in total. The Morgan fingerprint density at radius 1 is 1.47 bits per heavy atom. The van der Waals surface area contributed by atoms with E-state index < -0.39 is 16.6 Å². The minimum Gasteiger partial charge on any atom is -0.352 e. The first kappa shape index (κ1) is 15.0. The molecule has 0 aromatic heterocycles. The number of nitro benzene ring substituents is 1. The second-order valence-electron chi connectivity index (χ2n) is 4.33. The molecule has 0 heterocycles. The van der Waals surface area contributed by atoms with Crippen molar-refractivity contribution in [3.63, 3.8) is 0 Å². The number of nitro groups is 1. The van der Waals surface area contributed by atoms with Gasteiger partial charge in [0.2, 0.25) is 0 Å². The summed E-state index contributed by atoms with van der Waals surface area (Å²) in [6.07, 6.45) is 0.718. The van der Waals surface area contributed by atoms with Crippen LogP contribution < -0.4 is 5.32 Å². The third-order valence-corrected chi connectivity index (χ3v) is 2.47. The van der Waals surface area contributed by atoms with Crippen LogP contribution in [0.3, 0.4) is 0 Å². The number of carbonyl (C=O) groups excluding carboxylic acids is 1. The molecule has 0 aliphatic heterocycles. The van der Waals surface area contributed by atoms with Crippen LogP contribution >= 0.6 is 0 Å². The third-order valence-electron chi connectivity index (χ3n) is 2.47. The van der Waals surface area contributed by atoms with Gasteiger partial charge in [0.25, 0.3) is 11.6 Å². The van der Waals surface area contributed by atoms with E-state index in [-0.39, 0.29) is 11.3 Å². The lowest BCUT2D eigenvalue weighted by atomic mass is 10.1. The van der Waals surface area contributed by atoms with Crippen molar-refractivity contribution in [2.75, 3.05) is 27.2 Å². The van der Waals surface area contributed by atoms with Crippen LogP contribution in [0.2, 0.25) is 0 Å². The number of hydrogen-bond donors (Lipinski definition) is 1. The predicted octanol–water partition coefficient (Wildman–Crippen LogP) is 1.42. The largest absolute Gasteiger partial charge is 0.352 e. The van der Waals surface area contributed by atoms with E-state index in [1.165, 1.54) is 0 Å². The summed E-state index contributed by atoms with van der Waals surface area (Å²) in [5.74, 6) is -1.41. The molecule has 0 radical (unpaired) electrons. The van der Waals surface area contributed by atoms with Crippen LogP contribution in [-0.4, -0.2) is 42.9 Å². The molecule has 0 fully saturated rings. The molecule has 0 bridgehead atoms. The summed E-state index contributed by atoms with van der Waals surface area (Å²) >= 11 is 0. The van der Waals surface area contributed by atoms with Gasteiger partial charge in [-0.15, -0.1) is 0 Å². The number of benzene rings is 1. The van der Waals surface area contributed by atoms with Crippen LogP contribution in [0.5, 0.6) is 0 Å². The minimum absolute atomic E-state index is 0.306. The average molecular weight is 269 g/mol. The van der Waals surface area contributed by atoms with Crippen molar-refractivity contribution < 1.29 is 14.1 Å². The molecule has 1 rings (SSSR count). The fourth-order valence-electron chi connectivity index (χ4n) is 1.49. The summed E-state index contributed by atoms with van der Waals surface area (Å²) in [4.78, 5) is 23.6. The van der Waals surface area contributed by atoms with Crippen LogP contribution in [0.25, 0.3) is 0 Å². The Kier molecular flexibility index (Phi) is 5.37. The zero-order chi connectivity index (χ0) is 14.4. The first-order valence-corrected chi connectivity index (χ1v) is 5.78. The van der Waals surface area contributed by atoms with E-state index in [1.807, 2.05) is 19.0 Å². The van der Waals surface area contributed by atoms with E-state index in [2.05, 4.69) is 5.32 Å². The number of hydrogen-bond acceptors (Lipinski definition) is 4. The molecule has 0 atom stereocenters. The van der Waals surface area contributed by atoms with Crippen molar-refractivity contribution in [3.05, 3.63) is 39.7 Å². The second kappa shape index (κ2) is 6.79. The number of nitrogens with one attached hydrogen (secondary N) is 1. The molecule has 0 spiro atoms. The van der Waals surface area contributed by atoms with E-state index in [1.54, 1.807) is 0 Å². The molecule has 1 amide bonds. The monoisotopic (exact) mass is 269 g/mol. The Morgan fingerprint density at radius 2 is 2.16 bits per heavy atom. The number of carbonyl (C=O) groups is 1. The molecule has 0 unspecified atom stereocenters. The van der Waals surface area contributed by atoms with Gasteiger partial charge < -0.3 is 10.2 Å². The molecule has 104 valence electrons. The van der Waals surface area contributed by atoms with Gasteiger partial charge in [-0.2, -0.15) is 0 Å². The first-order chi connectivity index (χ1) is 8.91. The summed E-state index contributed by atoms with van der Waals surface area (Å²) < 4.78 is 13.4. The maximum absolute atomic E-state index is 13.4. The fraction of sp³-hybridized carbons (Fsp3) is 0.417. The van der Waals surface area contributed by atoms with Crippen molar-refractivity contribution >= 4 is 11.6 Å². The molecule has 19 heavy (non-hydrogen) atoms. The SMILES string of the molecule is CN(C)CCCNC(=O)c1cc([N+](=O)[O-])ccc1F. The fourth-order valence-corrected chi connectivity index (χ4v) is 1.49. The summed E-state index contributed by atoms with van der Waals surface area (Å²) in [6.45, 7) is 1.18. The van der Waals surface area contributed by atoms with Gasteiger partial charge in [-0.05, 0) is 33.1 Å². The molecular weight excluding hydrogens is 253 g/mol. The highest BCUT2D eigenvalue weighted by molar-refractivity contribution is 5.95. The van der Waals surface area contributed by atoms with Gasteiger partial charge in [0.15, 0.2) is 0 Å². The van der Waals surface area contributed by atoms with E-state index in [9.17, 15) is 19.3 Å². The summed E-state index contributed by atoms with van der Waals surface area (Å²) in [7, 11) is 3.81. The molecule has 0 aliphatic rings. The van der Waals surface area contributed by atoms with Crippen LogP contribution in [0, 0.1) is 15.9 Å². The van der Waals surface area contributed by atoms with Crippen molar-refractivity contribution in [2.24, 2.45) is 0 Å². The lowest BCUT2D eigenvalue weighted by molar-refractivity contribution is -0.384. The number of halogens is 1. The van der Waals surface area contributed by atoms with Gasteiger partial charge in [-0.1, -0.05) is 0 Å². The number of rotatable bonds is 6. The van der Waals surface area contributed by atoms with E-state index in [0.29, 0.717) is 6.54 Å². The van der Waals surface area contributed by atoms with Crippen LogP contribution in [-0.2, 0) is 0 Å². The maximum Gasteiger partial charge on any atom is 0.270 e. The topological polar surface area (TPSA) is 75.5 Å². The summed E-state index contributed by atoms with van der Waals surface area (Å²) in [6, 6.07) is 2.89. The predicted molar refractivity (Wildman–Crippen MR) is 68.6 cm³/mol. The van der Waals surface area contributed by atoms with Gasteiger partial charge in [0.1, 0.15) is 5.82 Å². The zero-order valence-corrected chi connectivity index (χ0v) is 10.9. The molecule has 6 nitrogen and oxygen atoms in total. The van der Waals surface area contributed by atoms with E-state index in [4.69, 9.17) is 0 Å². The maximum atomic E-state index is 13.4. The van der Waals surface area contributed by atoms with Crippen LogP contribution in [0.15, 0.2) is 18.2 Å². The van der Waals surface area contributed by atoms with Crippen LogP contribution in [0.4, 0.5) is 10.1 Å². The Hall–Kier alpha value is -2.02. The zero-order valence-electron chi connectivity index (χ0n) is 10.9. The van der Waals surface area contributed by atoms with Gasteiger partial charge in [-0.3, -0.25) is 14.9 Å². The summed E-state index contributed by atoms with van der Waals surface area (Å²) in [5.41, 5.74) is -0.612. The normalized spacial score (nSPS) is 10.5. The summed E-state index contributed by atoms with van der Waals surface area (Å²) in [5, 5.41) is 13.1. The minimum atomic E-state index is -0.768. The standard InChI is InChI=1S/C12H16FN3O3/c1-15(2)7-3-6-14-12(17)10-8-9(16(18)19)4-5-11(10)13/h4-5,8H,3,6-7H2,1-2H3,(H,14,17). The molecule has 0 saturated carbocycles.